The lowest BCUT2D eigenvalue weighted by molar-refractivity contribution is -0.136. The number of aryl methyl sites for hydroxylation is 1. The molecule has 0 unspecified atom stereocenters. The van der Waals surface area contributed by atoms with Gasteiger partial charge in [-0.3, -0.25) is 4.79 Å². The Bertz CT molecular complexity index is 261. The molecule has 0 bridgehead atoms. The van der Waals surface area contributed by atoms with Gasteiger partial charge in [-0.2, -0.15) is 0 Å². The molecule has 60 valence electrons. The fourth-order valence-corrected chi connectivity index (χ4v) is 2.16. The normalized spacial score (nSPS) is 9.91. The van der Waals surface area contributed by atoms with E-state index >= 15 is 0 Å². The fourth-order valence-electron chi connectivity index (χ4n) is 0.617. The quantitative estimate of drug-likeness (QED) is 0.860. The molecule has 1 N–H and O–H groups in total. The highest BCUT2D eigenvalue weighted by molar-refractivity contribution is 14.1. The summed E-state index contributed by atoms with van der Waals surface area (Å²) in [7, 11) is 0. The van der Waals surface area contributed by atoms with Gasteiger partial charge in [-0.15, -0.1) is 11.3 Å². The van der Waals surface area contributed by atoms with Crippen LogP contribution < -0.4 is 0 Å². The third kappa shape index (κ3) is 3.15. The van der Waals surface area contributed by atoms with E-state index in [1.165, 1.54) is 0 Å². The number of rotatable bonds is 3. The van der Waals surface area contributed by atoms with Crippen molar-refractivity contribution in [3.8, 4) is 0 Å². The van der Waals surface area contributed by atoms with Crippen LogP contribution in [-0.4, -0.2) is 16.1 Å². The standard InChI is InChI=1S/C6H6INO2S/c7-4-3-8-5(11-4)1-2-6(9)10/h3H,1-2H2,(H,9,10). The second-order valence-electron chi connectivity index (χ2n) is 1.95. The van der Waals surface area contributed by atoms with Crippen molar-refractivity contribution in [3.05, 3.63) is 14.1 Å². The number of carbonyl (C=O) groups is 1. The summed E-state index contributed by atoms with van der Waals surface area (Å²) in [5.74, 6) is -0.768. The van der Waals surface area contributed by atoms with Crippen molar-refractivity contribution in [3.63, 3.8) is 0 Å². The molecule has 3 nitrogen and oxygen atoms in total. The van der Waals surface area contributed by atoms with E-state index in [1.54, 1.807) is 17.5 Å². The predicted octanol–water partition coefficient (Wildman–Crippen LogP) is 1.76. The van der Waals surface area contributed by atoms with Crippen molar-refractivity contribution in [2.75, 3.05) is 0 Å². The molecule has 0 aliphatic heterocycles. The van der Waals surface area contributed by atoms with Gasteiger partial charge in [0.05, 0.1) is 20.5 Å². The van der Waals surface area contributed by atoms with Gasteiger partial charge in [-0.25, -0.2) is 4.98 Å². The number of hydrogen-bond acceptors (Lipinski definition) is 3. The Morgan fingerprint density at radius 2 is 2.55 bits per heavy atom. The number of aromatic nitrogens is 1. The van der Waals surface area contributed by atoms with Gasteiger partial charge in [-0.1, -0.05) is 0 Å². The number of carboxylic acids is 1. The highest BCUT2D eigenvalue weighted by Gasteiger charge is 2.02. The number of thiazole rings is 1. The maximum atomic E-state index is 10.2. The van der Waals surface area contributed by atoms with Gasteiger partial charge in [0.2, 0.25) is 0 Å². The predicted molar refractivity (Wildman–Crippen MR) is 50.8 cm³/mol. The van der Waals surface area contributed by atoms with E-state index in [2.05, 4.69) is 27.6 Å². The van der Waals surface area contributed by atoms with Crippen molar-refractivity contribution in [1.82, 2.24) is 4.98 Å². The molecule has 0 aliphatic rings. The maximum absolute atomic E-state index is 10.2. The van der Waals surface area contributed by atoms with E-state index in [0.717, 1.165) is 7.89 Å². The minimum atomic E-state index is -0.768. The van der Waals surface area contributed by atoms with Crippen LogP contribution in [0.25, 0.3) is 0 Å². The molecule has 0 saturated carbocycles. The number of halogens is 1. The molecule has 1 aromatic heterocycles. The zero-order chi connectivity index (χ0) is 8.27. The average Bonchev–Trinajstić information content (AvgIpc) is 2.31. The minimum absolute atomic E-state index is 0.170. The third-order valence-corrected chi connectivity index (χ3v) is 2.86. The summed E-state index contributed by atoms with van der Waals surface area (Å²) in [6.07, 6.45) is 2.47. The molecule has 5 heteroatoms. The van der Waals surface area contributed by atoms with Crippen molar-refractivity contribution < 1.29 is 9.90 Å². The molecule has 0 saturated heterocycles. The number of carboxylic acid groups (broad SMARTS) is 1. The number of nitrogens with zero attached hydrogens (tertiary/aromatic N) is 1. The largest absolute Gasteiger partial charge is 0.481 e. The summed E-state index contributed by atoms with van der Waals surface area (Å²) in [4.78, 5) is 14.2. The molecule has 0 radical (unpaired) electrons. The zero-order valence-corrected chi connectivity index (χ0v) is 8.55. The van der Waals surface area contributed by atoms with Crippen LogP contribution in [0.2, 0.25) is 0 Å². The molecule has 0 aromatic carbocycles. The Kier molecular flexibility index (Phi) is 3.25. The van der Waals surface area contributed by atoms with Gasteiger partial charge in [0, 0.05) is 6.42 Å². The summed E-state index contributed by atoms with van der Waals surface area (Å²) < 4.78 is 1.10. The van der Waals surface area contributed by atoms with Gasteiger partial charge >= 0.3 is 5.97 Å². The van der Waals surface area contributed by atoms with E-state index in [1.807, 2.05) is 0 Å². The van der Waals surface area contributed by atoms with Crippen LogP contribution in [0, 0.1) is 2.88 Å². The number of hydrogen-bond donors (Lipinski definition) is 1. The van der Waals surface area contributed by atoms with Crippen molar-refractivity contribution in [2.45, 2.75) is 12.8 Å². The summed E-state index contributed by atoms with van der Waals surface area (Å²) in [5, 5.41) is 9.26. The van der Waals surface area contributed by atoms with Crippen LogP contribution in [-0.2, 0) is 11.2 Å². The number of aliphatic carboxylic acids is 1. The molecule has 0 spiro atoms. The van der Waals surface area contributed by atoms with Gasteiger partial charge in [-0.05, 0) is 22.6 Å². The van der Waals surface area contributed by atoms with E-state index in [4.69, 9.17) is 5.11 Å². The summed E-state index contributed by atoms with van der Waals surface area (Å²) >= 11 is 3.71. The van der Waals surface area contributed by atoms with Crippen LogP contribution in [0.4, 0.5) is 0 Å². The first-order valence-corrected chi connectivity index (χ1v) is 4.90. The lowest BCUT2D eigenvalue weighted by Crippen LogP contribution is -1.96. The average molecular weight is 283 g/mol. The Morgan fingerprint density at radius 3 is 3.00 bits per heavy atom. The first-order chi connectivity index (χ1) is 5.18. The first-order valence-electron chi connectivity index (χ1n) is 3.00. The fraction of sp³-hybridized carbons (Fsp3) is 0.333. The second-order valence-corrected chi connectivity index (χ2v) is 4.96. The summed E-state index contributed by atoms with van der Waals surface area (Å²) in [5.41, 5.74) is 0. The third-order valence-electron chi connectivity index (χ3n) is 1.08. The molecule has 1 heterocycles. The molecule has 0 atom stereocenters. The second kappa shape index (κ2) is 4.01. The molecular formula is C6H6INO2S. The Labute approximate surface area is 81.6 Å². The van der Waals surface area contributed by atoms with Crippen molar-refractivity contribution in [1.29, 1.82) is 0 Å². The minimum Gasteiger partial charge on any atom is -0.481 e. The topological polar surface area (TPSA) is 50.2 Å². The smallest absolute Gasteiger partial charge is 0.303 e. The van der Waals surface area contributed by atoms with E-state index in [-0.39, 0.29) is 6.42 Å². The van der Waals surface area contributed by atoms with Crippen molar-refractivity contribution in [2.24, 2.45) is 0 Å². The molecule has 0 aliphatic carbocycles. The van der Waals surface area contributed by atoms with Crippen LogP contribution in [0.15, 0.2) is 6.20 Å². The SMILES string of the molecule is O=C(O)CCc1ncc(I)s1. The molecule has 0 amide bonds. The van der Waals surface area contributed by atoms with Gasteiger partial charge in [0.25, 0.3) is 0 Å². The Hall–Kier alpha value is -0.170. The molecule has 11 heavy (non-hydrogen) atoms. The van der Waals surface area contributed by atoms with Crippen LogP contribution in [0.1, 0.15) is 11.4 Å². The van der Waals surface area contributed by atoms with Crippen molar-refractivity contribution >= 4 is 39.9 Å². The van der Waals surface area contributed by atoms with E-state index in [0.29, 0.717) is 6.42 Å². The highest BCUT2D eigenvalue weighted by atomic mass is 127. The monoisotopic (exact) mass is 283 g/mol. The lowest BCUT2D eigenvalue weighted by Gasteiger charge is -1.88. The first kappa shape index (κ1) is 8.92. The molecular weight excluding hydrogens is 277 g/mol. The maximum Gasteiger partial charge on any atom is 0.303 e. The van der Waals surface area contributed by atoms with Gasteiger partial charge < -0.3 is 5.11 Å². The van der Waals surface area contributed by atoms with Gasteiger partial charge in [0.15, 0.2) is 0 Å². The Morgan fingerprint density at radius 1 is 1.82 bits per heavy atom. The lowest BCUT2D eigenvalue weighted by atomic mass is 10.3. The van der Waals surface area contributed by atoms with E-state index in [9.17, 15) is 4.79 Å². The summed E-state index contributed by atoms with van der Waals surface area (Å²) in [6.45, 7) is 0. The van der Waals surface area contributed by atoms with E-state index < -0.39 is 5.97 Å². The molecule has 1 rings (SSSR count). The van der Waals surface area contributed by atoms with Crippen LogP contribution in [0.5, 0.6) is 0 Å². The van der Waals surface area contributed by atoms with Crippen LogP contribution in [0.3, 0.4) is 0 Å². The molecule has 0 fully saturated rings. The van der Waals surface area contributed by atoms with Gasteiger partial charge in [0.1, 0.15) is 0 Å². The summed E-state index contributed by atoms with van der Waals surface area (Å²) in [6, 6.07) is 0. The highest BCUT2D eigenvalue weighted by Crippen LogP contribution is 2.15. The van der Waals surface area contributed by atoms with Crippen LogP contribution >= 0.6 is 33.9 Å². The zero-order valence-electron chi connectivity index (χ0n) is 5.58. The molecule has 1 aromatic rings. The Balaban J connectivity index is 2.45.